The molecule has 360 valence electrons. The Labute approximate surface area is 376 Å². The van der Waals surface area contributed by atoms with Crippen LogP contribution in [0, 0.1) is 0 Å². The first-order chi connectivity index (χ1) is 28.8. The van der Waals surface area contributed by atoms with E-state index in [-0.39, 0.29) is 0 Å². The van der Waals surface area contributed by atoms with Crippen molar-refractivity contribution >= 4 is 0 Å². The zero-order valence-corrected chi connectivity index (χ0v) is 43.1. The summed E-state index contributed by atoms with van der Waals surface area (Å²) in [6.45, 7) is 14.7. The van der Waals surface area contributed by atoms with Gasteiger partial charge in [0.05, 0.1) is 26.2 Å². The standard InChI is InChI=1S/2C26H55N.Mo.4O/c2*1-3-5-7-9-11-13-15-17-19-21-23-25-27-26-24-22-20-18-16-14-12-10-8-6-4-2;;;;;/h2*27H,3-26H2,1-2H3;;;;;/q;;;;;2*-1/p+2. The summed E-state index contributed by atoms with van der Waals surface area (Å²) in [6.07, 6.45) is 64.2. The number of hydrogen-bond acceptors (Lipinski definition) is 4. The Morgan fingerprint density at radius 1 is 0.237 bits per heavy atom. The number of quaternary nitrogens is 2. The quantitative estimate of drug-likeness (QED) is 0.0467. The van der Waals surface area contributed by atoms with Crippen LogP contribution in [0.4, 0.5) is 0 Å². The summed E-state index contributed by atoms with van der Waals surface area (Å²) in [4.78, 5) is 0. The topological polar surface area (TPSA) is 113 Å². The predicted molar refractivity (Wildman–Crippen MR) is 251 cm³/mol. The third-order valence-electron chi connectivity index (χ3n) is 12.0. The van der Waals surface area contributed by atoms with Crippen LogP contribution in [0.15, 0.2) is 0 Å². The SMILES string of the molecule is CCCCCCCCCCCCC[NH2+]CCCCCCCCCCCCC.CCCCCCCCCCCCC[NH2+]CCCCCCCCCCCCC.[O]=[Mo](=[O])([O-])[O-]. The monoisotopic (exact) mass is 927 g/mol. The molecular weight excluding hydrogens is 813 g/mol. The van der Waals surface area contributed by atoms with Crippen molar-refractivity contribution < 1.29 is 41.7 Å². The molecule has 59 heavy (non-hydrogen) atoms. The van der Waals surface area contributed by atoms with Gasteiger partial charge in [0.15, 0.2) is 0 Å². The van der Waals surface area contributed by atoms with Gasteiger partial charge in [0.1, 0.15) is 0 Å². The van der Waals surface area contributed by atoms with E-state index < -0.39 is 16.7 Å². The number of unbranched alkanes of at least 4 members (excludes halogenated alkanes) is 40. The predicted octanol–water partition coefficient (Wildman–Crippen LogP) is 13.7. The van der Waals surface area contributed by atoms with Crippen LogP contribution < -0.4 is 18.2 Å². The van der Waals surface area contributed by atoms with Crippen LogP contribution >= 0.6 is 0 Å². The second-order valence-corrected chi connectivity index (χ2v) is 20.3. The number of rotatable bonds is 48. The van der Waals surface area contributed by atoms with Crippen LogP contribution in [0.3, 0.4) is 0 Å². The number of nitrogens with two attached hydrogens (primary N) is 2. The van der Waals surface area contributed by atoms with Crippen LogP contribution in [0.1, 0.15) is 310 Å². The van der Waals surface area contributed by atoms with Gasteiger partial charge in [-0.1, -0.05) is 259 Å². The molecule has 4 N–H and O–H groups in total. The fourth-order valence-electron chi connectivity index (χ4n) is 8.10. The van der Waals surface area contributed by atoms with Gasteiger partial charge in [0.2, 0.25) is 0 Å². The molecule has 0 aliphatic rings. The average Bonchev–Trinajstić information content (AvgIpc) is 3.21. The van der Waals surface area contributed by atoms with Crippen molar-refractivity contribution in [3.8, 4) is 0 Å². The molecule has 0 aromatic heterocycles. The fraction of sp³-hybridized carbons (Fsp3) is 1.00. The molecule has 6 nitrogen and oxygen atoms in total. The third-order valence-corrected chi connectivity index (χ3v) is 12.0. The molecule has 0 saturated heterocycles. The van der Waals surface area contributed by atoms with Crippen LogP contribution in [0.5, 0.6) is 0 Å². The van der Waals surface area contributed by atoms with Crippen molar-refractivity contribution in [1.29, 1.82) is 0 Å². The Bertz CT molecular complexity index is 692. The molecule has 0 bridgehead atoms. The van der Waals surface area contributed by atoms with Crippen molar-refractivity contribution in [2.75, 3.05) is 26.2 Å². The minimum atomic E-state index is -6.02. The van der Waals surface area contributed by atoms with Gasteiger partial charge in [0, 0.05) is 0 Å². The molecule has 0 aliphatic carbocycles. The summed E-state index contributed by atoms with van der Waals surface area (Å²) >= 11 is -6.02. The molecule has 0 radical (unpaired) electrons. The van der Waals surface area contributed by atoms with Crippen molar-refractivity contribution in [3.63, 3.8) is 0 Å². The van der Waals surface area contributed by atoms with E-state index in [1.54, 1.807) is 0 Å². The Morgan fingerprint density at radius 2 is 0.339 bits per heavy atom. The molecule has 0 aromatic rings. The average molecular weight is 925 g/mol. The summed E-state index contributed by atoms with van der Waals surface area (Å²) in [5.74, 6) is 0. The number of hydrogen-bond donors (Lipinski definition) is 2. The van der Waals surface area contributed by atoms with E-state index in [0.29, 0.717) is 0 Å². The van der Waals surface area contributed by atoms with Gasteiger partial charge in [-0.05, 0) is 51.4 Å². The van der Waals surface area contributed by atoms with Gasteiger partial charge in [-0.25, -0.2) is 0 Å². The summed E-state index contributed by atoms with van der Waals surface area (Å²) in [6, 6.07) is 0. The van der Waals surface area contributed by atoms with Gasteiger partial charge < -0.3 is 10.6 Å². The molecule has 0 fully saturated rings. The van der Waals surface area contributed by atoms with Gasteiger partial charge in [0.25, 0.3) is 0 Å². The van der Waals surface area contributed by atoms with E-state index in [0.717, 1.165) is 0 Å². The molecule has 0 unspecified atom stereocenters. The Morgan fingerprint density at radius 3 is 0.458 bits per heavy atom. The normalized spacial score (nSPS) is 11.4. The molecule has 0 heterocycles. The Hall–Kier alpha value is 0.128. The van der Waals surface area contributed by atoms with Gasteiger partial charge in [-0.15, -0.1) is 0 Å². The zero-order valence-electron chi connectivity index (χ0n) is 41.1. The van der Waals surface area contributed by atoms with E-state index in [1.807, 2.05) is 0 Å². The molecule has 0 rings (SSSR count). The summed E-state index contributed by atoms with van der Waals surface area (Å²) in [5, 5.41) is 5.14. The van der Waals surface area contributed by atoms with Crippen molar-refractivity contribution in [2.45, 2.75) is 310 Å². The second-order valence-electron chi connectivity index (χ2n) is 18.3. The first-order valence-electron chi connectivity index (χ1n) is 27.1. The van der Waals surface area contributed by atoms with Gasteiger partial charge in [-0.2, -0.15) is 0 Å². The van der Waals surface area contributed by atoms with Crippen LogP contribution in [-0.4, -0.2) is 26.2 Å². The zero-order chi connectivity index (χ0) is 43.9. The molecule has 0 spiro atoms. The van der Waals surface area contributed by atoms with Gasteiger partial charge >= 0.3 is 31.1 Å². The van der Waals surface area contributed by atoms with E-state index in [2.05, 4.69) is 38.3 Å². The first-order valence-corrected chi connectivity index (χ1v) is 30.4. The van der Waals surface area contributed by atoms with Crippen molar-refractivity contribution in [2.24, 2.45) is 0 Å². The van der Waals surface area contributed by atoms with Gasteiger partial charge in [-0.3, -0.25) is 0 Å². The van der Waals surface area contributed by atoms with E-state index in [9.17, 15) is 0 Å². The molecule has 0 saturated carbocycles. The van der Waals surface area contributed by atoms with Crippen LogP contribution in [-0.2, 0) is 23.5 Å². The van der Waals surface area contributed by atoms with Crippen molar-refractivity contribution in [1.82, 2.24) is 0 Å². The molecule has 0 aliphatic heterocycles. The summed E-state index contributed by atoms with van der Waals surface area (Å²) in [7, 11) is 0. The van der Waals surface area contributed by atoms with Crippen LogP contribution in [0.2, 0.25) is 0 Å². The third kappa shape index (κ3) is 79.1. The minimum absolute atomic E-state index is 1.37. The molecule has 0 atom stereocenters. The second kappa shape index (κ2) is 60.2. The maximum atomic E-state index is 8.63. The molecule has 0 aromatic carbocycles. The van der Waals surface area contributed by atoms with Crippen LogP contribution in [0.25, 0.3) is 0 Å². The summed E-state index contributed by atoms with van der Waals surface area (Å²) < 4.78 is 34.5. The summed E-state index contributed by atoms with van der Waals surface area (Å²) in [5.41, 5.74) is 0. The Kier molecular flexibility index (Phi) is 64.7. The first kappa shape index (κ1) is 63.4. The molecule has 7 heteroatoms. The maximum absolute atomic E-state index is 8.63. The molecular formula is C52H112MoN2O4. The Balaban J connectivity index is -0.000000951. The fourth-order valence-corrected chi connectivity index (χ4v) is 8.10. The van der Waals surface area contributed by atoms with Crippen molar-refractivity contribution in [3.05, 3.63) is 0 Å². The van der Waals surface area contributed by atoms with E-state index in [4.69, 9.17) is 14.3 Å². The van der Waals surface area contributed by atoms with E-state index in [1.165, 1.54) is 309 Å². The van der Waals surface area contributed by atoms with E-state index >= 15 is 0 Å². The molecule has 0 amide bonds.